The van der Waals surface area contributed by atoms with Crippen molar-refractivity contribution in [3.63, 3.8) is 0 Å². The summed E-state index contributed by atoms with van der Waals surface area (Å²) in [5, 5.41) is 11.7. The quantitative estimate of drug-likeness (QED) is 0.300. The fraction of sp³-hybridized carbons (Fsp3) is 0.174. The molecular formula is C23H23N3O4. The lowest BCUT2D eigenvalue weighted by Gasteiger charge is -2.06. The zero-order chi connectivity index (χ0) is 21.5. The number of benzene rings is 2. The maximum absolute atomic E-state index is 12.5. The Kier molecular flexibility index (Phi) is 6.77. The first-order valence-electron chi connectivity index (χ1n) is 9.49. The van der Waals surface area contributed by atoms with Gasteiger partial charge in [-0.1, -0.05) is 30.3 Å². The predicted octanol–water partition coefficient (Wildman–Crippen LogP) is 3.37. The molecule has 7 nitrogen and oxygen atoms in total. The summed E-state index contributed by atoms with van der Waals surface area (Å²) in [6.45, 7) is 2.85. The highest BCUT2D eigenvalue weighted by Crippen LogP contribution is 2.24. The first kappa shape index (κ1) is 21.0. The van der Waals surface area contributed by atoms with Crippen LogP contribution in [0.2, 0.25) is 0 Å². The number of aliphatic imine (C=N–C) groups is 1. The van der Waals surface area contributed by atoms with Crippen molar-refractivity contribution in [1.82, 2.24) is 5.32 Å². The van der Waals surface area contributed by atoms with Crippen LogP contribution in [0, 0.1) is 6.92 Å². The monoisotopic (exact) mass is 405 g/mol. The molecule has 1 heterocycles. The molecule has 7 heteroatoms. The second-order valence-corrected chi connectivity index (χ2v) is 6.83. The van der Waals surface area contributed by atoms with E-state index in [0.29, 0.717) is 24.2 Å². The molecule has 0 atom stereocenters. The number of amidine groups is 1. The van der Waals surface area contributed by atoms with E-state index in [1.807, 2.05) is 37.3 Å². The van der Waals surface area contributed by atoms with E-state index in [1.165, 1.54) is 0 Å². The van der Waals surface area contributed by atoms with Gasteiger partial charge in [0.25, 0.3) is 5.91 Å². The number of amides is 1. The van der Waals surface area contributed by atoms with Crippen molar-refractivity contribution in [1.29, 1.82) is 0 Å². The Morgan fingerprint density at radius 2 is 1.83 bits per heavy atom. The Morgan fingerprint density at radius 1 is 1.10 bits per heavy atom. The van der Waals surface area contributed by atoms with Crippen molar-refractivity contribution in [3.8, 4) is 11.3 Å². The molecule has 0 aliphatic carbocycles. The number of nitrogens with one attached hydrogen (secondary N) is 1. The minimum Gasteiger partial charge on any atom is -0.481 e. The van der Waals surface area contributed by atoms with Gasteiger partial charge in [0.2, 0.25) is 0 Å². The number of nitrogens with two attached hydrogens (primary N) is 1. The van der Waals surface area contributed by atoms with Crippen LogP contribution in [0.5, 0.6) is 0 Å². The summed E-state index contributed by atoms with van der Waals surface area (Å²) in [4.78, 5) is 27.1. The van der Waals surface area contributed by atoms with E-state index in [2.05, 4.69) is 10.3 Å². The van der Waals surface area contributed by atoms with Crippen LogP contribution in [0.1, 0.15) is 33.5 Å². The van der Waals surface area contributed by atoms with Gasteiger partial charge in [-0.05, 0) is 42.3 Å². The molecule has 0 saturated heterocycles. The van der Waals surface area contributed by atoms with Crippen molar-refractivity contribution in [2.75, 3.05) is 6.54 Å². The summed E-state index contributed by atoms with van der Waals surface area (Å²) >= 11 is 0. The summed E-state index contributed by atoms with van der Waals surface area (Å²) < 4.78 is 5.41. The highest BCUT2D eigenvalue weighted by Gasteiger charge is 2.11. The standard InChI is InChI=1S/C23H23N3O4/c1-15-13-18(8-9-19(15)20-3-2-12-30-20)23(29)26-22(24)17-6-4-16(5-7-17)14-25-11-10-21(27)28/h2-9,12-13,25H,10-11,14H2,1H3,(H,27,28)(H2,24,26,29). The zero-order valence-electron chi connectivity index (χ0n) is 16.6. The first-order valence-corrected chi connectivity index (χ1v) is 9.49. The van der Waals surface area contributed by atoms with E-state index < -0.39 is 11.9 Å². The van der Waals surface area contributed by atoms with Crippen molar-refractivity contribution in [2.45, 2.75) is 19.9 Å². The third-order valence-corrected chi connectivity index (χ3v) is 4.58. The van der Waals surface area contributed by atoms with Crippen LogP contribution in [0.3, 0.4) is 0 Å². The molecule has 3 rings (SSSR count). The molecule has 0 saturated carbocycles. The maximum Gasteiger partial charge on any atom is 0.304 e. The normalized spacial score (nSPS) is 11.4. The first-order chi connectivity index (χ1) is 14.4. The van der Waals surface area contributed by atoms with Gasteiger partial charge in [-0.2, -0.15) is 4.99 Å². The molecule has 0 spiro atoms. The van der Waals surface area contributed by atoms with Crippen molar-refractivity contribution in [2.24, 2.45) is 10.7 Å². The molecule has 0 aliphatic heterocycles. The number of rotatable bonds is 8. The van der Waals surface area contributed by atoms with Crippen LogP contribution in [-0.4, -0.2) is 29.4 Å². The predicted molar refractivity (Wildman–Crippen MR) is 114 cm³/mol. The molecule has 0 bridgehead atoms. The second-order valence-electron chi connectivity index (χ2n) is 6.83. The molecule has 0 aliphatic rings. The molecular weight excluding hydrogens is 382 g/mol. The number of furan rings is 1. The molecule has 4 N–H and O–H groups in total. The van der Waals surface area contributed by atoms with Crippen molar-refractivity contribution >= 4 is 17.7 Å². The Balaban J connectivity index is 1.65. The van der Waals surface area contributed by atoms with Crippen LogP contribution in [0.15, 0.2) is 70.3 Å². The number of hydrogen-bond donors (Lipinski definition) is 3. The van der Waals surface area contributed by atoms with E-state index in [1.54, 1.807) is 30.5 Å². The molecule has 30 heavy (non-hydrogen) atoms. The number of carbonyl (C=O) groups is 2. The molecule has 1 amide bonds. The van der Waals surface area contributed by atoms with E-state index >= 15 is 0 Å². The fourth-order valence-electron chi connectivity index (χ4n) is 2.96. The van der Waals surface area contributed by atoms with Gasteiger partial charge in [-0.3, -0.25) is 9.59 Å². The fourth-order valence-corrected chi connectivity index (χ4v) is 2.96. The summed E-state index contributed by atoms with van der Waals surface area (Å²) in [5.41, 5.74) is 9.91. The van der Waals surface area contributed by atoms with Gasteiger partial charge in [0.05, 0.1) is 12.7 Å². The average Bonchev–Trinajstić information content (AvgIpc) is 3.26. The Bertz CT molecular complexity index is 1050. The third kappa shape index (κ3) is 5.42. The summed E-state index contributed by atoms with van der Waals surface area (Å²) in [7, 11) is 0. The smallest absolute Gasteiger partial charge is 0.304 e. The molecule has 154 valence electrons. The maximum atomic E-state index is 12.5. The van der Waals surface area contributed by atoms with Crippen molar-refractivity contribution < 1.29 is 19.1 Å². The Labute approximate surface area is 174 Å². The number of hydrogen-bond acceptors (Lipinski definition) is 4. The number of carboxylic acid groups (broad SMARTS) is 1. The second kappa shape index (κ2) is 9.67. The number of aliphatic carboxylic acids is 1. The van der Waals surface area contributed by atoms with E-state index in [4.69, 9.17) is 15.3 Å². The molecule has 0 fully saturated rings. The molecule has 0 radical (unpaired) electrons. The van der Waals surface area contributed by atoms with E-state index in [-0.39, 0.29) is 12.3 Å². The summed E-state index contributed by atoms with van der Waals surface area (Å²) in [6, 6.07) is 16.3. The highest BCUT2D eigenvalue weighted by molar-refractivity contribution is 6.08. The number of aryl methyl sites for hydroxylation is 1. The average molecular weight is 405 g/mol. The van der Waals surface area contributed by atoms with Crippen LogP contribution < -0.4 is 11.1 Å². The molecule has 1 aromatic heterocycles. The lowest BCUT2D eigenvalue weighted by atomic mass is 10.0. The van der Waals surface area contributed by atoms with Crippen LogP contribution >= 0.6 is 0 Å². The van der Waals surface area contributed by atoms with Crippen LogP contribution in [0.25, 0.3) is 11.3 Å². The van der Waals surface area contributed by atoms with Gasteiger partial charge < -0.3 is 20.6 Å². The van der Waals surface area contributed by atoms with E-state index in [0.717, 1.165) is 22.5 Å². The van der Waals surface area contributed by atoms with Gasteiger partial charge in [-0.15, -0.1) is 0 Å². The summed E-state index contributed by atoms with van der Waals surface area (Å²) in [6.07, 6.45) is 1.68. The third-order valence-electron chi connectivity index (χ3n) is 4.58. The number of carboxylic acids is 1. The lowest BCUT2D eigenvalue weighted by Crippen LogP contribution is -2.18. The van der Waals surface area contributed by atoms with Gasteiger partial charge in [0.15, 0.2) is 0 Å². The molecule has 3 aromatic rings. The number of nitrogens with zero attached hydrogens (tertiary/aromatic N) is 1. The van der Waals surface area contributed by atoms with Gasteiger partial charge in [0, 0.05) is 29.8 Å². The van der Waals surface area contributed by atoms with Gasteiger partial charge in [-0.25, -0.2) is 0 Å². The Morgan fingerprint density at radius 3 is 2.47 bits per heavy atom. The van der Waals surface area contributed by atoms with E-state index in [9.17, 15) is 9.59 Å². The molecule has 0 unspecified atom stereocenters. The SMILES string of the molecule is Cc1cc(C(=O)N=C(N)c2ccc(CNCCC(=O)O)cc2)ccc1-c1ccco1. The molecule has 2 aromatic carbocycles. The number of carbonyl (C=O) groups excluding carboxylic acids is 1. The lowest BCUT2D eigenvalue weighted by molar-refractivity contribution is -0.136. The largest absolute Gasteiger partial charge is 0.481 e. The highest BCUT2D eigenvalue weighted by atomic mass is 16.4. The Hall–Kier alpha value is -3.71. The van der Waals surface area contributed by atoms with Crippen LogP contribution in [0.4, 0.5) is 0 Å². The minimum atomic E-state index is -0.836. The topological polar surface area (TPSA) is 118 Å². The zero-order valence-corrected chi connectivity index (χ0v) is 16.6. The summed E-state index contributed by atoms with van der Waals surface area (Å²) in [5.74, 6) is -0.372. The van der Waals surface area contributed by atoms with Gasteiger partial charge in [0.1, 0.15) is 11.6 Å². The van der Waals surface area contributed by atoms with Crippen LogP contribution in [-0.2, 0) is 11.3 Å². The minimum absolute atomic E-state index is 0.0712. The van der Waals surface area contributed by atoms with Crippen molar-refractivity contribution in [3.05, 3.63) is 83.1 Å². The van der Waals surface area contributed by atoms with Gasteiger partial charge >= 0.3 is 5.97 Å².